The highest BCUT2D eigenvalue weighted by Crippen LogP contribution is 2.43. The van der Waals surface area contributed by atoms with Crippen LogP contribution in [0.3, 0.4) is 0 Å². The van der Waals surface area contributed by atoms with Crippen LogP contribution < -0.4 is 0 Å². The average Bonchev–Trinajstić information content (AvgIpc) is 3.25. The third-order valence-electron chi connectivity index (χ3n) is 11.0. The average molecular weight is 921 g/mol. The molecule has 0 aromatic rings. The molecular formula is C54H99NO8P+. The summed E-state index contributed by atoms with van der Waals surface area (Å²) in [6.07, 6.45) is 57.1. The van der Waals surface area contributed by atoms with Gasteiger partial charge in [0.05, 0.1) is 27.7 Å². The molecule has 64 heavy (non-hydrogen) atoms. The van der Waals surface area contributed by atoms with Gasteiger partial charge in [0.15, 0.2) is 6.10 Å². The van der Waals surface area contributed by atoms with Gasteiger partial charge in [-0.05, 0) is 77.0 Å². The lowest BCUT2D eigenvalue weighted by atomic mass is 10.0. The summed E-state index contributed by atoms with van der Waals surface area (Å²) in [5, 5.41) is 0. The predicted molar refractivity (Wildman–Crippen MR) is 270 cm³/mol. The van der Waals surface area contributed by atoms with Crippen molar-refractivity contribution in [2.45, 2.75) is 225 Å². The zero-order chi connectivity index (χ0) is 47.1. The first-order chi connectivity index (χ1) is 31.0. The highest BCUT2D eigenvalue weighted by Gasteiger charge is 2.27. The van der Waals surface area contributed by atoms with E-state index >= 15 is 0 Å². The van der Waals surface area contributed by atoms with E-state index in [1.165, 1.54) is 116 Å². The lowest BCUT2D eigenvalue weighted by molar-refractivity contribution is -0.870. The van der Waals surface area contributed by atoms with E-state index in [-0.39, 0.29) is 32.0 Å². The largest absolute Gasteiger partial charge is 0.472 e. The summed E-state index contributed by atoms with van der Waals surface area (Å²) < 4.78 is 34.4. The summed E-state index contributed by atoms with van der Waals surface area (Å²) in [6.45, 7) is 4.29. The minimum Gasteiger partial charge on any atom is -0.462 e. The number of esters is 2. The van der Waals surface area contributed by atoms with Crippen molar-refractivity contribution in [2.24, 2.45) is 0 Å². The monoisotopic (exact) mass is 921 g/mol. The summed E-state index contributed by atoms with van der Waals surface area (Å²) in [5.74, 6) is -0.825. The Morgan fingerprint density at radius 2 is 0.891 bits per heavy atom. The highest BCUT2D eigenvalue weighted by molar-refractivity contribution is 7.47. The molecule has 0 radical (unpaired) electrons. The fourth-order valence-corrected chi connectivity index (χ4v) is 7.74. The second kappa shape index (κ2) is 45.8. The fraction of sp³-hybridized carbons (Fsp3) is 0.778. The van der Waals surface area contributed by atoms with Crippen LogP contribution in [-0.4, -0.2) is 74.9 Å². The predicted octanol–water partition coefficient (Wildman–Crippen LogP) is 15.6. The standard InChI is InChI=1S/C54H98NO8P/c1-6-8-10-12-14-16-18-20-22-24-25-26-27-28-29-31-32-34-36-38-40-42-44-46-53(56)60-50-52(51-62-64(58,59)61-49-48-55(3,4)5)63-54(57)47-45-43-41-39-37-35-33-30-23-21-19-17-15-13-11-9-7-2/h9,11,15,17,21,23-25,33,35,52H,6-8,10,12-14,16,18-20,22,26-32,34,36-51H2,1-5H3/p+1/b11-9-,17-15-,23-21-,25-24-,35-33-. The molecule has 10 heteroatoms. The lowest BCUT2D eigenvalue weighted by Gasteiger charge is -2.24. The normalized spacial score (nSPS) is 13.9. The van der Waals surface area contributed by atoms with Gasteiger partial charge in [-0.2, -0.15) is 0 Å². The number of hydrogen-bond donors (Lipinski definition) is 1. The van der Waals surface area contributed by atoms with E-state index in [1.807, 2.05) is 21.1 Å². The molecular weight excluding hydrogens is 822 g/mol. The van der Waals surface area contributed by atoms with E-state index in [0.717, 1.165) is 70.6 Å². The van der Waals surface area contributed by atoms with Gasteiger partial charge in [-0.25, -0.2) is 4.57 Å². The third kappa shape index (κ3) is 49.2. The van der Waals surface area contributed by atoms with Crippen molar-refractivity contribution in [1.82, 2.24) is 0 Å². The third-order valence-corrected chi connectivity index (χ3v) is 12.0. The molecule has 0 spiro atoms. The smallest absolute Gasteiger partial charge is 0.462 e. The van der Waals surface area contributed by atoms with Gasteiger partial charge < -0.3 is 18.9 Å². The van der Waals surface area contributed by atoms with E-state index in [0.29, 0.717) is 17.4 Å². The molecule has 0 saturated heterocycles. The van der Waals surface area contributed by atoms with Gasteiger partial charge in [0.2, 0.25) is 0 Å². The van der Waals surface area contributed by atoms with Crippen LogP contribution in [-0.2, 0) is 32.7 Å². The summed E-state index contributed by atoms with van der Waals surface area (Å²) >= 11 is 0. The van der Waals surface area contributed by atoms with Gasteiger partial charge in [0.25, 0.3) is 0 Å². The Morgan fingerprint density at radius 3 is 1.34 bits per heavy atom. The quantitative estimate of drug-likeness (QED) is 0.0211. The number of allylic oxidation sites excluding steroid dienone is 10. The van der Waals surface area contributed by atoms with Crippen LogP contribution in [0.15, 0.2) is 60.8 Å². The molecule has 0 aliphatic heterocycles. The van der Waals surface area contributed by atoms with Gasteiger partial charge in [0, 0.05) is 12.8 Å². The Kier molecular flexibility index (Phi) is 44.2. The van der Waals surface area contributed by atoms with Crippen LogP contribution in [0.25, 0.3) is 0 Å². The summed E-state index contributed by atoms with van der Waals surface area (Å²) in [7, 11) is 1.46. The van der Waals surface area contributed by atoms with Crippen molar-refractivity contribution in [2.75, 3.05) is 47.5 Å². The fourth-order valence-electron chi connectivity index (χ4n) is 7.00. The SMILES string of the molecule is CC/C=C\C/C=C\C/C=C\C/C=C\CCCCCCC(=O)OC(COC(=O)CCCCCCCCCCCCC/C=C\CCCCCCCCCC)COP(=O)(O)OCC[N+](C)(C)C. The first-order valence-corrected chi connectivity index (χ1v) is 27.5. The van der Waals surface area contributed by atoms with Gasteiger partial charge >= 0.3 is 19.8 Å². The molecule has 0 fully saturated rings. The van der Waals surface area contributed by atoms with Crippen molar-refractivity contribution in [3.63, 3.8) is 0 Å². The van der Waals surface area contributed by atoms with Crippen LogP contribution in [0, 0.1) is 0 Å². The van der Waals surface area contributed by atoms with Crippen LogP contribution in [0.2, 0.25) is 0 Å². The van der Waals surface area contributed by atoms with Crippen LogP contribution in [0.1, 0.15) is 219 Å². The second-order valence-corrected chi connectivity index (χ2v) is 20.0. The Hall–Kier alpha value is -2.29. The van der Waals surface area contributed by atoms with Crippen LogP contribution >= 0.6 is 7.82 Å². The van der Waals surface area contributed by atoms with E-state index in [2.05, 4.69) is 74.6 Å². The zero-order valence-corrected chi connectivity index (χ0v) is 42.9. The van der Waals surface area contributed by atoms with Crippen LogP contribution in [0.5, 0.6) is 0 Å². The number of phosphoric acid groups is 1. The minimum atomic E-state index is -4.39. The van der Waals surface area contributed by atoms with Crippen molar-refractivity contribution in [1.29, 1.82) is 0 Å². The number of unbranched alkanes of at least 4 members (excludes halogenated alkanes) is 23. The van der Waals surface area contributed by atoms with Crippen molar-refractivity contribution in [3.05, 3.63) is 60.8 Å². The molecule has 9 nitrogen and oxygen atoms in total. The molecule has 0 rings (SSSR count). The van der Waals surface area contributed by atoms with E-state index in [1.54, 1.807) is 0 Å². The van der Waals surface area contributed by atoms with Crippen molar-refractivity contribution < 1.29 is 42.1 Å². The Bertz CT molecular complexity index is 1270. The van der Waals surface area contributed by atoms with E-state index in [4.69, 9.17) is 18.5 Å². The van der Waals surface area contributed by atoms with Gasteiger partial charge in [-0.15, -0.1) is 0 Å². The maximum Gasteiger partial charge on any atom is 0.472 e. The number of likely N-dealkylation sites (N-methyl/N-ethyl adjacent to an activating group) is 1. The number of carbonyl (C=O) groups is 2. The van der Waals surface area contributed by atoms with E-state index in [9.17, 15) is 19.0 Å². The van der Waals surface area contributed by atoms with E-state index < -0.39 is 26.5 Å². The number of ether oxygens (including phenoxy) is 2. The molecule has 0 aromatic carbocycles. The molecule has 2 unspecified atom stereocenters. The van der Waals surface area contributed by atoms with Crippen molar-refractivity contribution >= 4 is 19.8 Å². The number of quaternary nitrogens is 1. The molecule has 0 bridgehead atoms. The maximum atomic E-state index is 12.7. The summed E-state index contributed by atoms with van der Waals surface area (Å²) in [4.78, 5) is 35.5. The zero-order valence-electron chi connectivity index (χ0n) is 42.0. The summed E-state index contributed by atoms with van der Waals surface area (Å²) in [6, 6.07) is 0. The maximum absolute atomic E-state index is 12.7. The van der Waals surface area contributed by atoms with Crippen LogP contribution in [0.4, 0.5) is 0 Å². The summed E-state index contributed by atoms with van der Waals surface area (Å²) in [5.41, 5.74) is 0. The Morgan fingerprint density at radius 1 is 0.500 bits per heavy atom. The van der Waals surface area contributed by atoms with Gasteiger partial charge in [-0.3, -0.25) is 18.6 Å². The highest BCUT2D eigenvalue weighted by atomic mass is 31.2. The molecule has 0 aliphatic rings. The molecule has 2 atom stereocenters. The molecule has 0 amide bonds. The van der Waals surface area contributed by atoms with Gasteiger partial charge in [-0.1, -0.05) is 190 Å². The molecule has 1 N–H and O–H groups in total. The Balaban J connectivity index is 4.25. The number of rotatable bonds is 47. The number of phosphoric ester groups is 1. The molecule has 0 saturated carbocycles. The minimum absolute atomic E-state index is 0.0245. The first-order valence-electron chi connectivity index (χ1n) is 26.0. The molecule has 0 aliphatic carbocycles. The lowest BCUT2D eigenvalue weighted by Crippen LogP contribution is -2.37. The molecule has 372 valence electrons. The molecule has 0 heterocycles. The molecule has 0 aromatic heterocycles. The first kappa shape index (κ1) is 61.7. The topological polar surface area (TPSA) is 108 Å². The second-order valence-electron chi connectivity index (χ2n) is 18.5. The number of hydrogen-bond acceptors (Lipinski definition) is 7. The number of nitrogens with zero attached hydrogens (tertiary/aromatic N) is 1. The van der Waals surface area contributed by atoms with Gasteiger partial charge in [0.1, 0.15) is 19.8 Å². The van der Waals surface area contributed by atoms with Crippen molar-refractivity contribution in [3.8, 4) is 0 Å². The number of carbonyl (C=O) groups excluding carboxylic acids is 2. The Labute approximate surface area is 394 Å².